The van der Waals surface area contributed by atoms with Crippen LogP contribution in [0.3, 0.4) is 0 Å². The molecule has 1 aliphatic heterocycles. The molecule has 1 amide bonds. The highest BCUT2D eigenvalue weighted by Gasteiger charge is 2.36. The molecule has 1 aliphatic rings. The Balaban J connectivity index is 1.62. The Labute approximate surface area is 216 Å². The fourth-order valence-corrected chi connectivity index (χ4v) is 5.47. The first-order chi connectivity index (χ1) is 16.5. The van der Waals surface area contributed by atoms with Crippen molar-refractivity contribution in [3.8, 4) is 0 Å². The second kappa shape index (κ2) is 10.0. The summed E-state index contributed by atoms with van der Waals surface area (Å²) in [6.45, 7) is 0. The van der Waals surface area contributed by atoms with Crippen LogP contribution >= 0.6 is 47.3 Å². The molecule has 3 aromatic rings. The number of amides is 1. The Morgan fingerprint density at radius 3 is 2.46 bits per heavy atom. The fourth-order valence-electron chi connectivity index (χ4n) is 3.15. The molecule has 5 nitrogen and oxygen atoms in total. The van der Waals surface area contributed by atoms with Crippen LogP contribution in [0.1, 0.15) is 11.1 Å². The highest BCUT2D eigenvalue weighted by molar-refractivity contribution is 8.27. The van der Waals surface area contributed by atoms with E-state index in [4.69, 9.17) is 23.8 Å². The van der Waals surface area contributed by atoms with Gasteiger partial charge in [-0.25, -0.2) is 0 Å². The van der Waals surface area contributed by atoms with Crippen molar-refractivity contribution in [2.24, 2.45) is 0 Å². The minimum absolute atomic E-state index is 0.00795. The standard InChI is InChI=1S/C23H12ClF3N2O3S3/c24-15-5-7-17(8-6-15)34-19-9-4-13(10-18(19)29(31)32)11-20-21(30)28(22(33)35-20)16-3-1-2-14(12-16)23(25,26)27/h1-12H/b20-11+. The molecule has 0 saturated carbocycles. The Morgan fingerprint density at radius 2 is 1.80 bits per heavy atom. The molecular formula is C23H12ClF3N2O3S3. The molecule has 35 heavy (non-hydrogen) atoms. The second-order valence-corrected chi connectivity index (χ2v) is 10.3. The summed E-state index contributed by atoms with van der Waals surface area (Å²) in [4.78, 5) is 26.4. The topological polar surface area (TPSA) is 63.4 Å². The van der Waals surface area contributed by atoms with E-state index in [1.165, 1.54) is 36.0 Å². The average molecular weight is 553 g/mol. The number of carbonyl (C=O) groups excluding carboxylic acids is 1. The summed E-state index contributed by atoms with van der Waals surface area (Å²) in [6, 6.07) is 15.6. The van der Waals surface area contributed by atoms with Crippen LogP contribution < -0.4 is 4.90 Å². The molecule has 0 bridgehead atoms. The number of nitro groups is 1. The van der Waals surface area contributed by atoms with Gasteiger partial charge in [0.15, 0.2) is 4.32 Å². The van der Waals surface area contributed by atoms with Gasteiger partial charge >= 0.3 is 6.18 Å². The largest absolute Gasteiger partial charge is 0.416 e. The van der Waals surface area contributed by atoms with E-state index in [0.717, 1.165) is 33.7 Å². The lowest BCUT2D eigenvalue weighted by molar-refractivity contribution is -0.387. The van der Waals surface area contributed by atoms with Crippen LogP contribution in [0.4, 0.5) is 24.5 Å². The molecule has 1 fully saturated rings. The molecule has 0 radical (unpaired) electrons. The van der Waals surface area contributed by atoms with Crippen LogP contribution in [-0.2, 0) is 11.0 Å². The molecule has 178 valence electrons. The van der Waals surface area contributed by atoms with Gasteiger partial charge in [-0.2, -0.15) is 13.2 Å². The summed E-state index contributed by atoms with van der Waals surface area (Å²) in [6.07, 6.45) is -3.15. The van der Waals surface area contributed by atoms with E-state index in [2.05, 4.69) is 0 Å². The van der Waals surface area contributed by atoms with Gasteiger partial charge in [-0.3, -0.25) is 19.8 Å². The van der Waals surface area contributed by atoms with Gasteiger partial charge in [0.05, 0.1) is 26.0 Å². The summed E-state index contributed by atoms with van der Waals surface area (Å²) in [5, 5.41) is 12.2. The molecule has 0 aliphatic carbocycles. The Bertz CT molecular complexity index is 1380. The molecule has 12 heteroatoms. The van der Waals surface area contributed by atoms with E-state index < -0.39 is 22.6 Å². The van der Waals surface area contributed by atoms with E-state index in [9.17, 15) is 28.1 Å². The second-order valence-electron chi connectivity index (χ2n) is 7.11. The van der Waals surface area contributed by atoms with E-state index >= 15 is 0 Å². The number of rotatable bonds is 5. The van der Waals surface area contributed by atoms with Gasteiger partial charge in [-0.15, -0.1) is 0 Å². The zero-order valence-corrected chi connectivity index (χ0v) is 20.5. The number of halogens is 4. The number of thiocarbonyl (C=S) groups is 1. The molecule has 0 spiro atoms. The van der Waals surface area contributed by atoms with Crippen LogP contribution in [-0.4, -0.2) is 15.2 Å². The van der Waals surface area contributed by atoms with Crippen molar-refractivity contribution in [3.63, 3.8) is 0 Å². The molecule has 1 saturated heterocycles. The normalized spacial score (nSPS) is 15.2. The van der Waals surface area contributed by atoms with E-state index in [1.54, 1.807) is 36.4 Å². The number of thioether (sulfide) groups is 1. The molecule has 0 N–H and O–H groups in total. The monoisotopic (exact) mass is 552 g/mol. The minimum atomic E-state index is -4.57. The number of nitrogens with zero attached hydrogens (tertiary/aromatic N) is 2. The van der Waals surface area contributed by atoms with Gasteiger partial charge in [-0.05, 0) is 60.2 Å². The quantitative estimate of drug-likeness (QED) is 0.139. The molecule has 0 unspecified atom stereocenters. The summed E-state index contributed by atoms with van der Waals surface area (Å²) in [5.74, 6) is -0.610. The highest BCUT2D eigenvalue weighted by Crippen LogP contribution is 2.40. The average Bonchev–Trinajstić information content (AvgIpc) is 3.08. The zero-order chi connectivity index (χ0) is 25.3. The highest BCUT2D eigenvalue weighted by atomic mass is 35.5. The number of hydrogen-bond acceptors (Lipinski definition) is 6. The first-order valence-corrected chi connectivity index (χ1v) is 12.1. The fraction of sp³-hybridized carbons (Fsp3) is 0.0435. The van der Waals surface area contributed by atoms with Gasteiger partial charge in [-0.1, -0.05) is 59.5 Å². The number of hydrogen-bond donors (Lipinski definition) is 0. The van der Waals surface area contributed by atoms with Crippen LogP contribution in [0.15, 0.2) is 81.4 Å². The van der Waals surface area contributed by atoms with E-state index in [1.807, 2.05) is 0 Å². The van der Waals surface area contributed by atoms with E-state index in [-0.39, 0.29) is 20.6 Å². The summed E-state index contributed by atoms with van der Waals surface area (Å²) in [5.41, 5.74) is -0.697. The van der Waals surface area contributed by atoms with Gasteiger partial charge in [0.1, 0.15) is 0 Å². The van der Waals surface area contributed by atoms with Crippen molar-refractivity contribution < 1.29 is 22.9 Å². The molecule has 0 atom stereocenters. The third-order valence-corrected chi connectivity index (χ3v) is 7.37. The maximum absolute atomic E-state index is 13.1. The van der Waals surface area contributed by atoms with Crippen LogP contribution in [0.5, 0.6) is 0 Å². The SMILES string of the molecule is O=C1/C(=C\c2ccc(Sc3ccc(Cl)cc3)c([N+](=O)[O-])c2)SC(=S)N1c1cccc(C(F)(F)F)c1. The van der Waals surface area contributed by atoms with Crippen molar-refractivity contribution >= 4 is 75.0 Å². The summed E-state index contributed by atoms with van der Waals surface area (Å²) in [7, 11) is 0. The van der Waals surface area contributed by atoms with Crippen molar-refractivity contribution in [1.29, 1.82) is 0 Å². The lowest BCUT2D eigenvalue weighted by Gasteiger charge is -2.16. The van der Waals surface area contributed by atoms with Gasteiger partial charge in [0.25, 0.3) is 11.6 Å². The number of benzene rings is 3. The van der Waals surface area contributed by atoms with Crippen LogP contribution in [0, 0.1) is 10.1 Å². The van der Waals surface area contributed by atoms with Gasteiger partial charge in [0.2, 0.25) is 0 Å². The predicted molar refractivity (Wildman–Crippen MR) is 136 cm³/mol. The number of nitro benzene ring substituents is 1. The van der Waals surface area contributed by atoms with Crippen molar-refractivity contribution in [3.05, 3.63) is 97.9 Å². The van der Waals surface area contributed by atoms with E-state index in [0.29, 0.717) is 15.5 Å². The number of alkyl halides is 3. The third-order valence-electron chi connectivity index (χ3n) is 4.74. The summed E-state index contributed by atoms with van der Waals surface area (Å²) < 4.78 is 39.3. The lowest BCUT2D eigenvalue weighted by atomic mass is 10.1. The molecular weight excluding hydrogens is 541 g/mol. The molecule has 0 aromatic heterocycles. The molecule has 1 heterocycles. The van der Waals surface area contributed by atoms with Gasteiger partial charge < -0.3 is 0 Å². The Morgan fingerprint density at radius 1 is 1.09 bits per heavy atom. The molecule has 4 rings (SSSR count). The predicted octanol–water partition coefficient (Wildman–Crippen LogP) is 7.82. The maximum atomic E-state index is 13.1. The first-order valence-electron chi connectivity index (χ1n) is 9.70. The zero-order valence-electron chi connectivity index (χ0n) is 17.3. The van der Waals surface area contributed by atoms with Crippen LogP contribution in [0.2, 0.25) is 5.02 Å². The lowest BCUT2D eigenvalue weighted by Crippen LogP contribution is -2.27. The molecule has 3 aromatic carbocycles. The summed E-state index contributed by atoms with van der Waals surface area (Å²) >= 11 is 13.2. The smallest absolute Gasteiger partial charge is 0.268 e. The van der Waals surface area contributed by atoms with Crippen molar-refractivity contribution in [2.75, 3.05) is 4.90 Å². The Hall–Kier alpha value is -2.86. The number of carbonyl (C=O) groups is 1. The third kappa shape index (κ3) is 5.69. The van der Waals surface area contributed by atoms with Crippen LogP contribution in [0.25, 0.3) is 6.08 Å². The maximum Gasteiger partial charge on any atom is 0.416 e. The van der Waals surface area contributed by atoms with Crippen molar-refractivity contribution in [1.82, 2.24) is 0 Å². The number of anilines is 1. The van der Waals surface area contributed by atoms with Gasteiger partial charge in [0, 0.05) is 16.0 Å². The minimum Gasteiger partial charge on any atom is -0.268 e. The Kier molecular flexibility index (Phi) is 7.22. The first kappa shape index (κ1) is 25.2. The van der Waals surface area contributed by atoms with Crippen molar-refractivity contribution in [2.45, 2.75) is 16.0 Å².